The maximum absolute atomic E-state index is 12.4. The zero-order chi connectivity index (χ0) is 18.6. The summed E-state index contributed by atoms with van der Waals surface area (Å²) in [6.45, 7) is 9.69. The van der Waals surface area contributed by atoms with Crippen molar-refractivity contribution in [2.45, 2.75) is 58.6 Å². The minimum Gasteiger partial charge on any atom is -0.387 e. The smallest absolute Gasteiger partial charge is 0.269 e. The maximum Gasteiger partial charge on any atom is 0.269 e. The van der Waals surface area contributed by atoms with Crippen molar-refractivity contribution in [2.24, 2.45) is 11.1 Å². The minimum absolute atomic E-state index is 0.178. The first kappa shape index (κ1) is 18.8. The van der Waals surface area contributed by atoms with Crippen LogP contribution in [0.15, 0.2) is 17.5 Å². The van der Waals surface area contributed by atoms with Gasteiger partial charge in [-0.15, -0.1) is 0 Å². The highest BCUT2D eigenvalue weighted by atomic mass is 16.7. The predicted molar refractivity (Wildman–Crippen MR) is 99.6 cm³/mol. The number of aryl methyl sites for hydroxylation is 1. The second kappa shape index (κ2) is 8.12. The highest BCUT2D eigenvalue weighted by Crippen LogP contribution is 2.34. The Balaban J connectivity index is 1.48. The number of amides is 1. The van der Waals surface area contributed by atoms with Crippen molar-refractivity contribution in [2.75, 3.05) is 19.6 Å². The Morgan fingerprint density at radius 3 is 2.85 bits per heavy atom. The number of rotatable bonds is 7. The lowest BCUT2D eigenvalue weighted by molar-refractivity contribution is -0.115. The van der Waals surface area contributed by atoms with E-state index >= 15 is 0 Å². The molecule has 1 aromatic rings. The van der Waals surface area contributed by atoms with Crippen LogP contribution in [0.25, 0.3) is 0 Å². The number of nitrogens with one attached hydrogen (secondary N) is 1. The number of likely N-dealkylation sites (tertiary alicyclic amines) is 1. The molecule has 7 nitrogen and oxygen atoms in total. The van der Waals surface area contributed by atoms with Gasteiger partial charge in [-0.05, 0) is 12.8 Å². The number of nitrogens with zero attached hydrogens (tertiary/aromatic N) is 4. The molecule has 7 heteroatoms. The summed E-state index contributed by atoms with van der Waals surface area (Å²) in [5.41, 5.74) is 1.75. The van der Waals surface area contributed by atoms with Crippen LogP contribution in [0.3, 0.4) is 0 Å². The molecule has 0 aromatic carbocycles. The number of hydrogen-bond donors (Lipinski definition) is 1. The molecule has 1 spiro atoms. The second-order valence-electron chi connectivity index (χ2n) is 7.49. The van der Waals surface area contributed by atoms with E-state index in [1.807, 2.05) is 6.92 Å². The van der Waals surface area contributed by atoms with E-state index < -0.39 is 0 Å². The molecule has 0 unspecified atom stereocenters. The molecule has 1 N–H and O–H groups in total. The first-order valence-corrected chi connectivity index (χ1v) is 9.56. The van der Waals surface area contributed by atoms with Gasteiger partial charge in [0.1, 0.15) is 5.71 Å². The fourth-order valence-corrected chi connectivity index (χ4v) is 3.64. The summed E-state index contributed by atoms with van der Waals surface area (Å²) in [5, 5.41) is 6.96. The first-order chi connectivity index (χ1) is 12.5. The third-order valence-corrected chi connectivity index (χ3v) is 5.43. The van der Waals surface area contributed by atoms with Crippen molar-refractivity contribution in [1.29, 1.82) is 0 Å². The molecular weight excluding hydrogens is 330 g/mol. The highest BCUT2D eigenvalue weighted by Gasteiger charge is 2.46. The van der Waals surface area contributed by atoms with Crippen molar-refractivity contribution in [3.8, 4) is 0 Å². The predicted octanol–water partition coefficient (Wildman–Crippen LogP) is 2.06. The van der Waals surface area contributed by atoms with Gasteiger partial charge in [0, 0.05) is 38.7 Å². The fourth-order valence-electron chi connectivity index (χ4n) is 3.64. The lowest BCUT2D eigenvalue weighted by Crippen LogP contribution is -2.37. The Bertz CT molecular complexity index is 656. The molecule has 1 aromatic heterocycles. The van der Waals surface area contributed by atoms with E-state index in [-0.39, 0.29) is 11.5 Å². The van der Waals surface area contributed by atoms with Crippen molar-refractivity contribution in [3.05, 3.63) is 23.8 Å². The van der Waals surface area contributed by atoms with E-state index in [1.54, 1.807) is 12.4 Å². The zero-order valence-electron chi connectivity index (χ0n) is 16.0. The van der Waals surface area contributed by atoms with Crippen LogP contribution in [-0.2, 0) is 16.2 Å². The van der Waals surface area contributed by atoms with Gasteiger partial charge in [-0.1, -0.05) is 31.8 Å². The largest absolute Gasteiger partial charge is 0.387 e. The van der Waals surface area contributed by atoms with Crippen molar-refractivity contribution >= 4 is 11.6 Å². The molecule has 1 atom stereocenters. The van der Waals surface area contributed by atoms with E-state index in [2.05, 4.69) is 39.2 Å². The molecule has 0 radical (unpaired) electrons. The van der Waals surface area contributed by atoms with Crippen molar-refractivity contribution in [3.63, 3.8) is 0 Å². The van der Waals surface area contributed by atoms with Crippen molar-refractivity contribution < 1.29 is 9.63 Å². The lowest BCUT2D eigenvalue weighted by Gasteiger charge is -2.24. The number of hydrogen-bond acceptors (Lipinski definition) is 6. The van der Waals surface area contributed by atoms with Crippen LogP contribution in [0.4, 0.5) is 0 Å². The average Bonchev–Trinajstić information content (AvgIpc) is 3.26. The molecule has 0 bridgehead atoms. The standard InChI is InChI=1S/C19H29N5O2/c1-4-15(5-2)12-24-7-6-19(13-24)8-17(23-26-19)18(25)22-11-16-10-20-14(3)9-21-16/h9-10,15H,4-8,11-13H2,1-3H3,(H,22,25)/t19-/m0/s1. The Hall–Kier alpha value is -2.02. The molecule has 3 heterocycles. The molecule has 2 aliphatic heterocycles. The third-order valence-electron chi connectivity index (χ3n) is 5.43. The van der Waals surface area contributed by atoms with Gasteiger partial charge in [-0.3, -0.25) is 19.7 Å². The molecule has 1 saturated heterocycles. The fraction of sp³-hybridized carbons (Fsp3) is 0.684. The second-order valence-corrected chi connectivity index (χ2v) is 7.49. The molecule has 26 heavy (non-hydrogen) atoms. The first-order valence-electron chi connectivity index (χ1n) is 9.56. The molecule has 0 saturated carbocycles. The summed E-state index contributed by atoms with van der Waals surface area (Å²) in [7, 11) is 0. The third kappa shape index (κ3) is 4.38. The normalized spacial score (nSPS) is 22.7. The Morgan fingerprint density at radius 2 is 2.15 bits per heavy atom. The van der Waals surface area contributed by atoms with Gasteiger partial charge < -0.3 is 10.2 Å². The number of carbonyl (C=O) groups is 1. The van der Waals surface area contributed by atoms with Crippen LogP contribution in [-0.4, -0.2) is 51.7 Å². The number of aromatic nitrogens is 2. The van der Waals surface area contributed by atoms with Gasteiger partial charge in [0.2, 0.25) is 0 Å². The highest BCUT2D eigenvalue weighted by molar-refractivity contribution is 6.39. The van der Waals surface area contributed by atoms with Gasteiger partial charge in [-0.25, -0.2) is 0 Å². The van der Waals surface area contributed by atoms with Crippen LogP contribution >= 0.6 is 0 Å². The van der Waals surface area contributed by atoms with Crippen LogP contribution in [0, 0.1) is 12.8 Å². The quantitative estimate of drug-likeness (QED) is 0.806. The summed E-state index contributed by atoms with van der Waals surface area (Å²) in [5.74, 6) is 0.550. The van der Waals surface area contributed by atoms with Gasteiger partial charge in [0.25, 0.3) is 5.91 Å². The molecule has 0 aliphatic carbocycles. The average molecular weight is 359 g/mol. The Kier molecular flexibility index (Phi) is 5.86. The monoisotopic (exact) mass is 359 g/mol. The van der Waals surface area contributed by atoms with Crippen LogP contribution in [0.5, 0.6) is 0 Å². The molecular formula is C19H29N5O2. The van der Waals surface area contributed by atoms with Gasteiger partial charge in [0.05, 0.1) is 24.1 Å². The molecule has 1 fully saturated rings. The van der Waals surface area contributed by atoms with Crippen LogP contribution < -0.4 is 5.32 Å². The summed E-state index contributed by atoms with van der Waals surface area (Å²) >= 11 is 0. The molecule has 2 aliphatic rings. The van der Waals surface area contributed by atoms with Gasteiger partial charge >= 0.3 is 0 Å². The Morgan fingerprint density at radius 1 is 1.35 bits per heavy atom. The zero-order valence-corrected chi connectivity index (χ0v) is 16.0. The van der Waals surface area contributed by atoms with Crippen molar-refractivity contribution in [1.82, 2.24) is 20.2 Å². The van der Waals surface area contributed by atoms with E-state index in [0.29, 0.717) is 18.7 Å². The maximum atomic E-state index is 12.4. The van der Waals surface area contributed by atoms with E-state index in [9.17, 15) is 4.79 Å². The van der Waals surface area contributed by atoms with Gasteiger partial charge in [-0.2, -0.15) is 0 Å². The summed E-state index contributed by atoms with van der Waals surface area (Å²) in [4.78, 5) is 29.0. The van der Waals surface area contributed by atoms with E-state index in [1.165, 1.54) is 12.8 Å². The van der Waals surface area contributed by atoms with Gasteiger partial charge in [0.15, 0.2) is 5.60 Å². The SMILES string of the molecule is CCC(CC)CN1CC[C@]2(CC(C(=O)NCc3cnc(C)cn3)=NO2)C1. The topological polar surface area (TPSA) is 79.7 Å². The molecule has 3 rings (SSSR count). The summed E-state index contributed by atoms with van der Waals surface area (Å²) < 4.78 is 0. The number of oxime groups is 1. The summed E-state index contributed by atoms with van der Waals surface area (Å²) in [6.07, 6.45) is 7.28. The van der Waals surface area contributed by atoms with Crippen LogP contribution in [0.2, 0.25) is 0 Å². The summed E-state index contributed by atoms with van der Waals surface area (Å²) in [6, 6.07) is 0. The van der Waals surface area contributed by atoms with E-state index in [4.69, 9.17) is 4.84 Å². The lowest BCUT2D eigenvalue weighted by atomic mass is 9.96. The van der Waals surface area contributed by atoms with E-state index in [0.717, 1.165) is 43.4 Å². The number of carbonyl (C=O) groups excluding carboxylic acids is 1. The minimum atomic E-state index is -0.317. The molecule has 142 valence electrons. The molecule has 1 amide bonds. The Labute approximate surface area is 155 Å². The van der Waals surface area contributed by atoms with Crippen LogP contribution in [0.1, 0.15) is 50.9 Å².